The summed E-state index contributed by atoms with van der Waals surface area (Å²) in [6, 6.07) is 47.4. The van der Waals surface area contributed by atoms with Gasteiger partial charge in [0.2, 0.25) is 0 Å². The summed E-state index contributed by atoms with van der Waals surface area (Å²) in [7, 11) is -3.52. The summed E-state index contributed by atoms with van der Waals surface area (Å²) in [6.45, 7) is 1.09. The normalized spacial score (nSPS) is 13.7. The first-order valence-corrected chi connectivity index (χ1v) is 20.9. The fraction of sp³-hybridized carbons (Fsp3) is 0.174. The number of benzene rings is 6. The molecule has 0 saturated carbocycles. The lowest BCUT2D eigenvalue weighted by Gasteiger charge is -2.48. The van der Waals surface area contributed by atoms with E-state index in [4.69, 9.17) is 27.9 Å². The summed E-state index contributed by atoms with van der Waals surface area (Å²) in [5.74, 6) is -1.33. The Labute approximate surface area is 337 Å². The Hall–Kier alpha value is -5.25. The van der Waals surface area contributed by atoms with E-state index in [-0.39, 0.29) is 33.5 Å². The molecule has 1 N–H and O–H groups in total. The van der Waals surface area contributed by atoms with Gasteiger partial charge in [0.25, 0.3) is 5.91 Å². The molecule has 284 valence electrons. The lowest BCUT2D eigenvalue weighted by Crippen LogP contribution is -2.50. The summed E-state index contributed by atoms with van der Waals surface area (Å²) in [4.78, 5) is 30.3. The van der Waals surface area contributed by atoms with Gasteiger partial charge >= 0.3 is 5.97 Å². The van der Waals surface area contributed by atoms with Crippen LogP contribution < -0.4 is 5.32 Å². The molecular formula is C46H40Cl2N2O5S. The maximum Gasteiger partial charge on any atom is 0.329 e. The fourth-order valence-electron chi connectivity index (χ4n) is 7.62. The molecule has 0 fully saturated rings. The van der Waals surface area contributed by atoms with Gasteiger partial charge in [0.15, 0.2) is 9.84 Å². The average molecular weight is 804 g/mol. The summed E-state index contributed by atoms with van der Waals surface area (Å²) >= 11 is 14.1. The minimum atomic E-state index is -3.52. The highest BCUT2D eigenvalue weighted by Crippen LogP contribution is 2.46. The summed E-state index contributed by atoms with van der Waals surface area (Å²) in [5, 5.41) is 3.19. The molecule has 1 atom stereocenters. The van der Waals surface area contributed by atoms with Crippen molar-refractivity contribution in [2.75, 3.05) is 12.8 Å². The highest BCUT2D eigenvalue weighted by atomic mass is 35.5. The molecule has 7 rings (SSSR count). The highest BCUT2D eigenvalue weighted by molar-refractivity contribution is 7.90. The Balaban J connectivity index is 1.22. The average Bonchev–Trinajstić information content (AvgIpc) is 3.21. The zero-order valence-corrected chi connectivity index (χ0v) is 33.0. The largest absolute Gasteiger partial charge is 0.459 e. The SMILES string of the molecule is CS(=O)(=O)c1cccc(C[C@H](NC(=O)c2c(Cl)cc3c(c2Cl)CCN(C(c2ccccc2)(c2ccccc2)c2ccccc2)C3)C(=O)OCc2ccccc2)c1. The van der Waals surface area contributed by atoms with Crippen LogP contribution in [0.5, 0.6) is 0 Å². The number of sulfone groups is 1. The molecule has 6 aromatic carbocycles. The van der Waals surface area contributed by atoms with Crippen molar-refractivity contribution in [3.8, 4) is 0 Å². The standard InChI is InChI=1S/C46H40Cl2N2O5S/c1-56(53,54)38-24-14-17-33(27-38)28-41(45(52)55-31-32-15-6-2-7-16-32)49-44(51)42-40(47)29-34-30-50(26-25-39(34)43(42)48)46(35-18-8-3-9-19-35,36-20-10-4-11-21-36)37-22-12-5-13-23-37/h2-24,27,29,41H,25-26,28,30-31H2,1H3,(H,49,51)/t41-/m0/s1. The lowest BCUT2D eigenvalue weighted by atomic mass is 9.74. The van der Waals surface area contributed by atoms with E-state index >= 15 is 0 Å². The van der Waals surface area contributed by atoms with Crippen LogP contribution in [0.1, 0.15) is 49.3 Å². The first-order chi connectivity index (χ1) is 27.1. The molecule has 1 heterocycles. The molecule has 0 aliphatic carbocycles. The third kappa shape index (κ3) is 8.15. The van der Waals surface area contributed by atoms with Crippen LogP contribution in [0.4, 0.5) is 0 Å². The number of halogens is 2. The van der Waals surface area contributed by atoms with Crippen molar-refractivity contribution in [1.29, 1.82) is 0 Å². The van der Waals surface area contributed by atoms with E-state index in [1.165, 1.54) is 12.1 Å². The van der Waals surface area contributed by atoms with E-state index in [0.29, 0.717) is 25.1 Å². The smallest absolute Gasteiger partial charge is 0.329 e. The van der Waals surface area contributed by atoms with Crippen molar-refractivity contribution in [1.82, 2.24) is 10.2 Å². The van der Waals surface area contributed by atoms with Crippen LogP contribution >= 0.6 is 23.2 Å². The van der Waals surface area contributed by atoms with Crippen LogP contribution in [0.2, 0.25) is 10.0 Å². The second-order valence-electron chi connectivity index (χ2n) is 13.9. The van der Waals surface area contributed by atoms with Crippen LogP contribution in [0, 0.1) is 0 Å². The molecule has 0 saturated heterocycles. The third-order valence-corrected chi connectivity index (χ3v) is 12.1. The molecular weight excluding hydrogens is 763 g/mol. The Bertz CT molecular complexity index is 2350. The maximum atomic E-state index is 14.2. The molecule has 0 radical (unpaired) electrons. The minimum Gasteiger partial charge on any atom is -0.459 e. The van der Waals surface area contributed by atoms with Gasteiger partial charge in [0.05, 0.1) is 26.0 Å². The first-order valence-electron chi connectivity index (χ1n) is 18.3. The van der Waals surface area contributed by atoms with Crippen molar-refractivity contribution in [3.63, 3.8) is 0 Å². The van der Waals surface area contributed by atoms with Crippen molar-refractivity contribution in [3.05, 3.63) is 206 Å². The summed E-state index contributed by atoms with van der Waals surface area (Å²) < 4.78 is 30.3. The predicted octanol–water partition coefficient (Wildman–Crippen LogP) is 8.83. The van der Waals surface area contributed by atoms with Crippen molar-refractivity contribution < 1.29 is 22.7 Å². The van der Waals surface area contributed by atoms with Crippen LogP contribution in [0.25, 0.3) is 0 Å². The topological polar surface area (TPSA) is 92.8 Å². The summed E-state index contributed by atoms with van der Waals surface area (Å²) in [6.07, 6.45) is 1.61. The van der Waals surface area contributed by atoms with Crippen molar-refractivity contribution in [2.45, 2.75) is 42.5 Å². The fourth-order valence-corrected chi connectivity index (χ4v) is 9.08. The highest BCUT2D eigenvalue weighted by Gasteiger charge is 2.44. The molecule has 10 heteroatoms. The number of carbonyl (C=O) groups is 2. The number of hydrogen-bond donors (Lipinski definition) is 1. The third-order valence-electron chi connectivity index (χ3n) is 10.3. The molecule has 0 bridgehead atoms. The predicted molar refractivity (Wildman–Crippen MR) is 221 cm³/mol. The van der Waals surface area contributed by atoms with Gasteiger partial charge in [0.1, 0.15) is 12.6 Å². The van der Waals surface area contributed by atoms with Gasteiger partial charge in [-0.2, -0.15) is 0 Å². The van der Waals surface area contributed by atoms with Gasteiger partial charge in [-0.05, 0) is 63.6 Å². The number of carbonyl (C=O) groups excluding carboxylic acids is 2. The molecule has 1 aliphatic rings. The Morgan fingerprint density at radius 2 is 1.29 bits per heavy atom. The molecule has 0 aromatic heterocycles. The van der Waals surface area contributed by atoms with E-state index < -0.39 is 33.3 Å². The first kappa shape index (κ1) is 39.0. The number of nitrogens with one attached hydrogen (secondary N) is 1. The molecule has 1 aliphatic heterocycles. The number of amides is 1. The maximum absolute atomic E-state index is 14.2. The van der Waals surface area contributed by atoms with Gasteiger partial charge in [-0.3, -0.25) is 9.69 Å². The van der Waals surface area contributed by atoms with Crippen LogP contribution in [-0.2, 0) is 50.9 Å². The zero-order valence-electron chi connectivity index (χ0n) is 30.7. The number of hydrogen-bond acceptors (Lipinski definition) is 6. The second kappa shape index (κ2) is 16.9. The lowest BCUT2D eigenvalue weighted by molar-refractivity contribution is -0.147. The second-order valence-corrected chi connectivity index (χ2v) is 16.7. The van der Waals surface area contributed by atoms with E-state index in [2.05, 4.69) is 83.0 Å². The number of nitrogens with zero attached hydrogens (tertiary/aromatic N) is 1. The van der Waals surface area contributed by atoms with Gasteiger partial charge in [-0.15, -0.1) is 0 Å². The van der Waals surface area contributed by atoms with E-state index in [9.17, 15) is 18.0 Å². The van der Waals surface area contributed by atoms with Crippen LogP contribution in [0.15, 0.2) is 157 Å². The Kier molecular flexibility index (Phi) is 11.7. The molecule has 0 spiro atoms. The van der Waals surface area contributed by atoms with Gasteiger partial charge < -0.3 is 10.1 Å². The van der Waals surface area contributed by atoms with E-state index in [0.717, 1.165) is 39.6 Å². The van der Waals surface area contributed by atoms with Crippen molar-refractivity contribution >= 4 is 44.9 Å². The van der Waals surface area contributed by atoms with Gasteiger partial charge in [-0.1, -0.05) is 157 Å². The monoisotopic (exact) mass is 802 g/mol. The Morgan fingerprint density at radius 3 is 1.84 bits per heavy atom. The number of rotatable bonds is 12. The quantitative estimate of drug-likeness (QED) is 0.0983. The molecule has 7 nitrogen and oxygen atoms in total. The van der Waals surface area contributed by atoms with E-state index in [1.54, 1.807) is 18.2 Å². The van der Waals surface area contributed by atoms with Gasteiger partial charge in [-0.25, -0.2) is 13.2 Å². The Morgan fingerprint density at radius 1 is 0.750 bits per heavy atom. The molecule has 1 amide bonds. The summed E-state index contributed by atoms with van der Waals surface area (Å²) in [5.41, 5.74) is 5.75. The van der Waals surface area contributed by atoms with E-state index in [1.807, 2.05) is 48.5 Å². The number of fused-ring (bicyclic) bond motifs is 1. The molecule has 56 heavy (non-hydrogen) atoms. The van der Waals surface area contributed by atoms with Crippen LogP contribution in [-0.4, -0.2) is 44.0 Å². The van der Waals surface area contributed by atoms with Crippen LogP contribution in [0.3, 0.4) is 0 Å². The number of esters is 1. The van der Waals surface area contributed by atoms with Crippen molar-refractivity contribution in [2.24, 2.45) is 0 Å². The van der Waals surface area contributed by atoms with Gasteiger partial charge in [0, 0.05) is 25.8 Å². The molecule has 0 unspecified atom stereocenters. The zero-order chi connectivity index (χ0) is 39.3. The molecule has 6 aromatic rings. The number of ether oxygens (including phenoxy) is 1. The minimum absolute atomic E-state index is 0.0112.